The number of amides is 1. The summed E-state index contributed by atoms with van der Waals surface area (Å²) in [5.74, 6) is 0.367. The highest BCUT2D eigenvalue weighted by atomic mass is 19.1. The quantitative estimate of drug-likeness (QED) is 0.229. The number of benzene rings is 4. The molecule has 0 aliphatic carbocycles. The van der Waals surface area contributed by atoms with Gasteiger partial charge in [0.25, 0.3) is 5.91 Å². The van der Waals surface area contributed by atoms with Crippen molar-refractivity contribution in [3.63, 3.8) is 0 Å². The first kappa shape index (κ1) is 26.2. The van der Waals surface area contributed by atoms with Gasteiger partial charge in [-0.1, -0.05) is 60.7 Å². The van der Waals surface area contributed by atoms with Gasteiger partial charge in [-0.3, -0.25) is 9.59 Å². The maximum absolute atomic E-state index is 13.6. The van der Waals surface area contributed by atoms with E-state index in [0.29, 0.717) is 61.8 Å². The fraction of sp³-hybridized carbons (Fsp3) is 0.212. The third-order valence-corrected chi connectivity index (χ3v) is 6.95. The zero-order valence-corrected chi connectivity index (χ0v) is 21.6. The highest BCUT2D eigenvalue weighted by molar-refractivity contribution is 5.99. The first-order chi connectivity index (χ1) is 19.1. The van der Waals surface area contributed by atoms with E-state index in [0.717, 1.165) is 11.1 Å². The zero-order chi connectivity index (χ0) is 27.0. The smallest absolute Gasteiger partial charge is 0.257 e. The summed E-state index contributed by atoms with van der Waals surface area (Å²) < 4.78 is 25.4. The van der Waals surface area contributed by atoms with E-state index in [9.17, 15) is 14.0 Å². The number of likely N-dealkylation sites (tertiary alicyclic amines) is 1. The molecule has 0 spiro atoms. The van der Waals surface area contributed by atoms with Crippen molar-refractivity contribution in [3.8, 4) is 11.5 Å². The first-order valence-electron chi connectivity index (χ1n) is 13.1. The van der Waals surface area contributed by atoms with E-state index in [2.05, 4.69) is 0 Å². The molecule has 0 unspecified atom stereocenters. The number of rotatable bonds is 9. The average Bonchev–Trinajstić information content (AvgIpc) is 3.00. The second-order valence-corrected chi connectivity index (χ2v) is 9.64. The van der Waals surface area contributed by atoms with Crippen LogP contribution in [-0.4, -0.2) is 29.7 Å². The molecule has 5 rings (SSSR count). The van der Waals surface area contributed by atoms with Crippen LogP contribution in [0.4, 0.5) is 4.39 Å². The Hall–Kier alpha value is -4.45. The van der Waals surface area contributed by atoms with Crippen molar-refractivity contribution < 1.29 is 23.5 Å². The molecule has 1 aliphatic heterocycles. The first-order valence-corrected chi connectivity index (χ1v) is 13.1. The molecule has 39 heavy (non-hydrogen) atoms. The van der Waals surface area contributed by atoms with E-state index >= 15 is 0 Å². The van der Waals surface area contributed by atoms with Gasteiger partial charge in [-0.2, -0.15) is 0 Å². The standard InChI is InChI=1S/C33H30FNO4/c34-28-13-11-26(12-14-28)32(36)27-17-19-35(20-18-27)33(37)30-16-15-29(38-22-24-7-3-1-4-8-24)21-31(30)39-23-25-9-5-2-6-10-25/h1-16,21,27H,17-20,22-23H2. The summed E-state index contributed by atoms with van der Waals surface area (Å²) in [6.45, 7) is 1.64. The van der Waals surface area contributed by atoms with Crippen molar-refractivity contribution >= 4 is 11.7 Å². The molecule has 4 aromatic carbocycles. The number of carbonyl (C=O) groups excluding carboxylic acids is 2. The molecular weight excluding hydrogens is 493 g/mol. The van der Waals surface area contributed by atoms with E-state index < -0.39 is 0 Å². The molecule has 5 nitrogen and oxygen atoms in total. The molecule has 1 heterocycles. The Morgan fingerprint density at radius 1 is 0.744 bits per heavy atom. The molecule has 0 atom stereocenters. The van der Waals surface area contributed by atoms with E-state index in [1.165, 1.54) is 24.3 Å². The van der Waals surface area contributed by atoms with E-state index in [4.69, 9.17) is 9.47 Å². The molecule has 1 amide bonds. The van der Waals surface area contributed by atoms with Crippen LogP contribution in [0, 0.1) is 11.7 Å². The Balaban J connectivity index is 1.28. The minimum Gasteiger partial charge on any atom is -0.489 e. The Morgan fingerprint density at radius 3 is 1.95 bits per heavy atom. The van der Waals surface area contributed by atoms with Gasteiger partial charge in [0, 0.05) is 30.6 Å². The zero-order valence-electron chi connectivity index (χ0n) is 21.6. The summed E-state index contributed by atoms with van der Waals surface area (Å²) in [5.41, 5.74) is 3.00. The molecule has 4 aromatic rings. The summed E-state index contributed by atoms with van der Waals surface area (Å²) in [6, 6.07) is 30.6. The van der Waals surface area contributed by atoms with Crippen LogP contribution in [0.5, 0.6) is 11.5 Å². The topological polar surface area (TPSA) is 55.8 Å². The maximum Gasteiger partial charge on any atom is 0.257 e. The highest BCUT2D eigenvalue weighted by Crippen LogP contribution is 2.30. The van der Waals surface area contributed by atoms with Crippen molar-refractivity contribution in [3.05, 3.63) is 131 Å². The van der Waals surface area contributed by atoms with Crippen LogP contribution in [0.2, 0.25) is 0 Å². The third kappa shape index (κ3) is 6.71. The van der Waals surface area contributed by atoms with Crippen LogP contribution in [0.3, 0.4) is 0 Å². The number of hydrogen-bond donors (Lipinski definition) is 0. The lowest BCUT2D eigenvalue weighted by Gasteiger charge is -2.32. The number of ketones is 1. The van der Waals surface area contributed by atoms with Crippen LogP contribution >= 0.6 is 0 Å². The van der Waals surface area contributed by atoms with E-state index in [-0.39, 0.29) is 23.4 Å². The molecule has 198 valence electrons. The molecule has 0 bridgehead atoms. The maximum atomic E-state index is 13.6. The van der Waals surface area contributed by atoms with Crippen LogP contribution in [0.15, 0.2) is 103 Å². The predicted octanol–water partition coefficient (Wildman–Crippen LogP) is 6.72. The number of ether oxygens (including phenoxy) is 2. The molecule has 1 fully saturated rings. The number of piperidine rings is 1. The Labute approximate surface area is 227 Å². The minimum absolute atomic E-state index is 0.00565. The van der Waals surface area contributed by atoms with Gasteiger partial charge in [0.2, 0.25) is 0 Å². The van der Waals surface area contributed by atoms with Crippen LogP contribution in [0.1, 0.15) is 44.7 Å². The fourth-order valence-corrected chi connectivity index (χ4v) is 4.73. The third-order valence-electron chi connectivity index (χ3n) is 6.95. The van der Waals surface area contributed by atoms with E-state index in [1.807, 2.05) is 60.7 Å². The van der Waals surface area contributed by atoms with Crippen molar-refractivity contribution in [1.82, 2.24) is 4.90 Å². The van der Waals surface area contributed by atoms with Crippen LogP contribution in [0.25, 0.3) is 0 Å². The van der Waals surface area contributed by atoms with Gasteiger partial charge in [0.1, 0.15) is 30.5 Å². The van der Waals surface area contributed by atoms with Crippen LogP contribution < -0.4 is 9.47 Å². The Morgan fingerprint density at radius 2 is 1.33 bits per heavy atom. The van der Waals surface area contributed by atoms with Crippen molar-refractivity contribution in [2.45, 2.75) is 26.1 Å². The lowest BCUT2D eigenvalue weighted by Crippen LogP contribution is -2.40. The van der Waals surface area contributed by atoms with Crippen molar-refractivity contribution in [1.29, 1.82) is 0 Å². The fourth-order valence-electron chi connectivity index (χ4n) is 4.73. The summed E-state index contributed by atoms with van der Waals surface area (Å²) in [5, 5.41) is 0. The summed E-state index contributed by atoms with van der Waals surface area (Å²) >= 11 is 0. The average molecular weight is 524 g/mol. The van der Waals surface area contributed by atoms with Gasteiger partial charge in [-0.25, -0.2) is 4.39 Å². The van der Waals surface area contributed by atoms with E-state index in [1.54, 1.807) is 23.1 Å². The molecular formula is C33H30FNO4. The van der Waals surface area contributed by atoms with Crippen molar-refractivity contribution in [2.24, 2.45) is 5.92 Å². The van der Waals surface area contributed by atoms with Gasteiger partial charge in [0.15, 0.2) is 5.78 Å². The van der Waals surface area contributed by atoms with Gasteiger partial charge >= 0.3 is 0 Å². The molecule has 0 radical (unpaired) electrons. The summed E-state index contributed by atoms with van der Waals surface area (Å²) in [4.78, 5) is 28.2. The number of nitrogens with zero attached hydrogens (tertiary/aromatic N) is 1. The second-order valence-electron chi connectivity index (χ2n) is 9.64. The molecule has 6 heteroatoms. The second kappa shape index (κ2) is 12.4. The number of Topliss-reactive ketones (excluding diaryl/α,β-unsaturated/α-hetero) is 1. The lowest BCUT2D eigenvalue weighted by atomic mass is 9.88. The van der Waals surface area contributed by atoms with Gasteiger partial charge in [-0.05, 0) is 60.4 Å². The van der Waals surface area contributed by atoms with Gasteiger partial charge in [-0.15, -0.1) is 0 Å². The number of carbonyl (C=O) groups is 2. The van der Waals surface area contributed by atoms with Crippen LogP contribution in [-0.2, 0) is 13.2 Å². The summed E-state index contributed by atoms with van der Waals surface area (Å²) in [7, 11) is 0. The molecule has 0 N–H and O–H groups in total. The van der Waals surface area contributed by atoms with Crippen molar-refractivity contribution in [2.75, 3.05) is 13.1 Å². The van der Waals surface area contributed by atoms with Gasteiger partial charge in [0.05, 0.1) is 5.56 Å². The lowest BCUT2D eigenvalue weighted by molar-refractivity contribution is 0.0646. The monoisotopic (exact) mass is 523 g/mol. The highest BCUT2D eigenvalue weighted by Gasteiger charge is 2.29. The Bertz CT molecular complexity index is 1400. The number of hydrogen-bond acceptors (Lipinski definition) is 4. The molecule has 1 saturated heterocycles. The summed E-state index contributed by atoms with van der Waals surface area (Å²) in [6.07, 6.45) is 1.11. The van der Waals surface area contributed by atoms with Gasteiger partial charge < -0.3 is 14.4 Å². The largest absolute Gasteiger partial charge is 0.489 e. The minimum atomic E-state index is -0.367. The normalized spacial score (nSPS) is 13.6. The SMILES string of the molecule is O=C(c1ccc(F)cc1)C1CCN(C(=O)c2ccc(OCc3ccccc3)cc2OCc2ccccc2)CC1. The number of halogens is 1. The molecule has 0 aromatic heterocycles. The Kier molecular flexibility index (Phi) is 8.32. The molecule has 0 saturated carbocycles. The molecule has 1 aliphatic rings. The predicted molar refractivity (Wildman–Crippen MR) is 147 cm³/mol.